The van der Waals surface area contributed by atoms with Crippen LogP contribution in [0.15, 0.2) is 18.2 Å². The van der Waals surface area contributed by atoms with Crippen molar-refractivity contribution in [2.45, 2.75) is 32.8 Å². The fourth-order valence-electron chi connectivity index (χ4n) is 3.16. The molecule has 0 aliphatic carbocycles. The number of nitrogens with zero attached hydrogens (tertiary/aromatic N) is 2. The Balaban J connectivity index is 2.02. The van der Waals surface area contributed by atoms with E-state index in [0.29, 0.717) is 17.8 Å². The third kappa shape index (κ3) is 6.69. The van der Waals surface area contributed by atoms with Crippen LogP contribution in [0.5, 0.6) is 0 Å². The van der Waals surface area contributed by atoms with E-state index >= 15 is 0 Å². The van der Waals surface area contributed by atoms with Crippen molar-refractivity contribution in [2.24, 2.45) is 0 Å². The van der Waals surface area contributed by atoms with Crippen molar-refractivity contribution < 1.29 is 19.4 Å². The summed E-state index contributed by atoms with van der Waals surface area (Å²) in [7, 11) is 0. The lowest BCUT2D eigenvalue weighted by molar-refractivity contribution is -0.153. The fraction of sp³-hybridized carbons (Fsp3) is 0.600. The highest BCUT2D eigenvalue weighted by atomic mass is 16.6. The molecule has 1 aromatic rings. The van der Waals surface area contributed by atoms with Crippen LogP contribution in [0.4, 0.5) is 11.4 Å². The minimum absolute atomic E-state index is 0.157. The van der Waals surface area contributed by atoms with Crippen LogP contribution in [0.1, 0.15) is 37.6 Å². The molecule has 2 rings (SSSR count). The number of aliphatic hydroxyl groups is 1. The molecule has 1 saturated heterocycles. The van der Waals surface area contributed by atoms with Crippen molar-refractivity contribution in [3.05, 3.63) is 23.8 Å². The second-order valence-corrected chi connectivity index (χ2v) is 7.95. The van der Waals surface area contributed by atoms with E-state index in [1.807, 2.05) is 6.07 Å². The first kappa shape index (κ1) is 22.0. The van der Waals surface area contributed by atoms with Gasteiger partial charge in [-0.25, -0.2) is 0 Å². The van der Waals surface area contributed by atoms with Gasteiger partial charge in [0.05, 0.1) is 12.2 Å². The summed E-state index contributed by atoms with van der Waals surface area (Å²) in [5.41, 5.74) is 7.02. The molecule has 0 radical (unpaired) electrons. The molecule has 0 bridgehead atoms. The maximum Gasteiger partial charge on any atom is 0.325 e. The summed E-state index contributed by atoms with van der Waals surface area (Å²) in [6.07, 6.45) is 0.977. The second-order valence-electron chi connectivity index (χ2n) is 7.95. The Morgan fingerprint density at radius 3 is 2.64 bits per heavy atom. The number of hydrogen-bond donors (Lipinski definition) is 3. The lowest BCUT2D eigenvalue weighted by Crippen LogP contribution is -2.35. The number of hydrogen-bond acceptors (Lipinski definition) is 7. The predicted molar refractivity (Wildman–Crippen MR) is 109 cm³/mol. The van der Waals surface area contributed by atoms with E-state index in [1.54, 1.807) is 32.9 Å². The van der Waals surface area contributed by atoms with E-state index in [0.717, 1.165) is 38.3 Å². The number of nitrogens with one attached hydrogen (secondary N) is 1. The molecule has 4 N–H and O–H groups in total. The van der Waals surface area contributed by atoms with Crippen LogP contribution < -0.4 is 16.0 Å². The van der Waals surface area contributed by atoms with Gasteiger partial charge in [0.25, 0.3) is 5.91 Å². The minimum atomic E-state index is -0.600. The Kier molecular flexibility index (Phi) is 7.65. The Bertz CT molecular complexity index is 687. The van der Waals surface area contributed by atoms with Gasteiger partial charge in [-0.3, -0.25) is 14.5 Å². The smallest absolute Gasteiger partial charge is 0.325 e. The van der Waals surface area contributed by atoms with Crippen molar-refractivity contribution in [1.82, 2.24) is 10.2 Å². The summed E-state index contributed by atoms with van der Waals surface area (Å²) in [5.74, 6) is -0.894. The van der Waals surface area contributed by atoms with E-state index in [9.17, 15) is 9.59 Å². The number of amides is 1. The zero-order valence-corrected chi connectivity index (χ0v) is 17.0. The largest absolute Gasteiger partial charge is 0.459 e. The number of benzene rings is 1. The first-order valence-electron chi connectivity index (χ1n) is 9.67. The van der Waals surface area contributed by atoms with Crippen LogP contribution in [0.25, 0.3) is 0 Å². The summed E-state index contributed by atoms with van der Waals surface area (Å²) >= 11 is 0. The number of nitrogens with two attached hydrogens (primary N) is 1. The van der Waals surface area contributed by atoms with Crippen molar-refractivity contribution in [1.29, 1.82) is 0 Å². The Morgan fingerprint density at radius 2 is 1.96 bits per heavy atom. The summed E-state index contributed by atoms with van der Waals surface area (Å²) < 4.78 is 5.20. The SMILES string of the molecule is CC(C)(C)OC(=O)CNC(=O)c1cc(N2CCCN(CCO)CC2)ccc1N. The fourth-order valence-corrected chi connectivity index (χ4v) is 3.16. The molecule has 156 valence electrons. The van der Waals surface area contributed by atoms with Gasteiger partial charge in [0, 0.05) is 37.6 Å². The average Bonchev–Trinajstić information content (AvgIpc) is 2.85. The van der Waals surface area contributed by atoms with E-state index in [4.69, 9.17) is 15.6 Å². The van der Waals surface area contributed by atoms with Gasteiger partial charge in [0.15, 0.2) is 0 Å². The van der Waals surface area contributed by atoms with Crippen molar-refractivity contribution >= 4 is 23.3 Å². The number of esters is 1. The molecule has 1 aliphatic heterocycles. The molecule has 0 saturated carbocycles. The van der Waals surface area contributed by atoms with Crippen molar-refractivity contribution in [3.63, 3.8) is 0 Å². The number of nitrogen functional groups attached to an aromatic ring is 1. The zero-order valence-electron chi connectivity index (χ0n) is 17.0. The molecule has 28 heavy (non-hydrogen) atoms. The maximum atomic E-state index is 12.5. The second kappa shape index (κ2) is 9.75. The van der Waals surface area contributed by atoms with Crippen LogP contribution in [-0.4, -0.2) is 73.4 Å². The van der Waals surface area contributed by atoms with Gasteiger partial charge in [-0.05, 0) is 51.9 Å². The van der Waals surface area contributed by atoms with Crippen LogP contribution in [0.3, 0.4) is 0 Å². The highest BCUT2D eigenvalue weighted by Crippen LogP contribution is 2.22. The van der Waals surface area contributed by atoms with E-state index in [-0.39, 0.29) is 13.2 Å². The van der Waals surface area contributed by atoms with Gasteiger partial charge in [0.1, 0.15) is 12.1 Å². The van der Waals surface area contributed by atoms with Crippen molar-refractivity contribution in [3.8, 4) is 0 Å². The van der Waals surface area contributed by atoms with E-state index in [1.165, 1.54) is 0 Å². The van der Waals surface area contributed by atoms with Crippen LogP contribution >= 0.6 is 0 Å². The lowest BCUT2D eigenvalue weighted by atomic mass is 10.1. The summed E-state index contributed by atoms with van der Waals surface area (Å²) in [4.78, 5) is 28.8. The number of anilines is 2. The highest BCUT2D eigenvalue weighted by molar-refractivity contribution is 6.01. The van der Waals surface area contributed by atoms with Gasteiger partial charge < -0.3 is 25.8 Å². The third-order valence-electron chi connectivity index (χ3n) is 4.46. The highest BCUT2D eigenvalue weighted by Gasteiger charge is 2.20. The zero-order chi connectivity index (χ0) is 20.7. The first-order chi connectivity index (χ1) is 13.2. The molecule has 0 spiro atoms. The third-order valence-corrected chi connectivity index (χ3v) is 4.46. The predicted octanol–water partition coefficient (Wildman–Crippen LogP) is 0.845. The van der Waals surface area contributed by atoms with Gasteiger partial charge in [-0.1, -0.05) is 0 Å². The number of rotatable bonds is 6. The summed E-state index contributed by atoms with van der Waals surface area (Å²) in [6, 6.07) is 5.39. The molecule has 0 aromatic heterocycles. The normalized spacial score (nSPS) is 15.8. The molecule has 8 heteroatoms. The van der Waals surface area contributed by atoms with Crippen molar-refractivity contribution in [2.75, 3.05) is 56.5 Å². The average molecular weight is 393 g/mol. The lowest BCUT2D eigenvalue weighted by Gasteiger charge is -2.24. The van der Waals surface area contributed by atoms with E-state index < -0.39 is 17.5 Å². The Labute approximate surface area is 166 Å². The molecule has 0 atom stereocenters. The monoisotopic (exact) mass is 392 g/mol. The first-order valence-corrected chi connectivity index (χ1v) is 9.67. The van der Waals surface area contributed by atoms with E-state index in [2.05, 4.69) is 15.1 Å². The molecule has 1 aromatic carbocycles. The van der Waals surface area contributed by atoms with Gasteiger partial charge in [-0.15, -0.1) is 0 Å². The number of ether oxygens (including phenoxy) is 1. The number of carbonyl (C=O) groups is 2. The quantitative estimate of drug-likeness (QED) is 0.486. The molecule has 0 unspecified atom stereocenters. The van der Waals surface area contributed by atoms with Crippen LogP contribution in [-0.2, 0) is 9.53 Å². The summed E-state index contributed by atoms with van der Waals surface area (Å²) in [5, 5.41) is 11.7. The topological polar surface area (TPSA) is 108 Å². The molecule has 1 aliphatic rings. The Morgan fingerprint density at radius 1 is 1.21 bits per heavy atom. The van der Waals surface area contributed by atoms with Gasteiger partial charge in [0.2, 0.25) is 0 Å². The molecule has 8 nitrogen and oxygen atoms in total. The van der Waals surface area contributed by atoms with Crippen LogP contribution in [0.2, 0.25) is 0 Å². The minimum Gasteiger partial charge on any atom is -0.459 e. The number of carbonyl (C=O) groups excluding carboxylic acids is 2. The maximum absolute atomic E-state index is 12.5. The van der Waals surface area contributed by atoms with Gasteiger partial charge in [-0.2, -0.15) is 0 Å². The van der Waals surface area contributed by atoms with Crippen LogP contribution in [0, 0.1) is 0 Å². The summed E-state index contributed by atoms with van der Waals surface area (Å²) in [6.45, 7) is 9.41. The van der Waals surface area contributed by atoms with Gasteiger partial charge >= 0.3 is 5.97 Å². The molecule has 1 heterocycles. The molecule has 1 fully saturated rings. The Hall–Kier alpha value is -2.32. The number of β-amino-alcohol motifs (C(OH)–C–C–N with tert-alkyl or cyclic N) is 1. The molecule has 1 amide bonds. The number of aliphatic hydroxyl groups excluding tert-OH is 1. The standard InChI is InChI=1S/C20H32N4O4/c1-20(2,3)28-18(26)14-22-19(27)16-13-15(5-6-17(16)21)24-8-4-7-23(9-10-24)11-12-25/h5-6,13,25H,4,7-12,14,21H2,1-3H3,(H,22,27). The molecular formula is C20H32N4O4. The molecular weight excluding hydrogens is 360 g/mol.